The second kappa shape index (κ2) is 8.94. The average molecular weight is 440 g/mol. The first-order chi connectivity index (χ1) is 15.3. The molecule has 9 heteroatoms. The summed E-state index contributed by atoms with van der Waals surface area (Å²) in [4.78, 5) is 39.7. The van der Waals surface area contributed by atoms with E-state index in [4.69, 9.17) is 4.74 Å². The molecule has 1 saturated heterocycles. The summed E-state index contributed by atoms with van der Waals surface area (Å²) in [6.45, 7) is 5.36. The Morgan fingerprint density at radius 2 is 1.78 bits per heavy atom. The van der Waals surface area contributed by atoms with E-state index in [2.05, 4.69) is 16.0 Å². The molecule has 32 heavy (non-hydrogen) atoms. The Kier molecular flexibility index (Phi) is 6.07. The lowest BCUT2D eigenvalue weighted by Gasteiger charge is -2.42. The maximum atomic E-state index is 13.0. The number of ether oxygens (including phenoxy) is 1. The zero-order valence-electron chi connectivity index (χ0n) is 18.6. The summed E-state index contributed by atoms with van der Waals surface area (Å²) in [5, 5.41) is 8.32. The van der Waals surface area contributed by atoms with Crippen molar-refractivity contribution < 1.29 is 14.3 Å². The van der Waals surface area contributed by atoms with Gasteiger partial charge in [0.15, 0.2) is 0 Å². The summed E-state index contributed by atoms with van der Waals surface area (Å²) in [5.74, 6) is 0.990. The Balaban J connectivity index is 1.47. The van der Waals surface area contributed by atoms with E-state index in [-0.39, 0.29) is 35.2 Å². The van der Waals surface area contributed by atoms with Gasteiger partial charge < -0.3 is 30.2 Å². The lowest BCUT2D eigenvalue weighted by Crippen LogP contribution is -2.50. The minimum absolute atomic E-state index is 0.0233. The molecule has 1 aromatic carbocycles. The van der Waals surface area contributed by atoms with Crippen molar-refractivity contribution in [1.29, 1.82) is 0 Å². The van der Waals surface area contributed by atoms with Crippen LogP contribution in [0.25, 0.3) is 0 Å². The van der Waals surface area contributed by atoms with Crippen LogP contribution in [0, 0.1) is 5.92 Å². The number of pyridine rings is 1. The largest absolute Gasteiger partial charge is 0.497 e. The number of hydrogen-bond donors (Lipinski definition) is 3. The molecular weight excluding hydrogens is 410 g/mol. The van der Waals surface area contributed by atoms with Gasteiger partial charge in [0, 0.05) is 43.0 Å². The third kappa shape index (κ3) is 4.56. The van der Waals surface area contributed by atoms with E-state index < -0.39 is 6.03 Å². The van der Waals surface area contributed by atoms with Gasteiger partial charge in [0.25, 0.3) is 5.56 Å². The molecule has 2 aromatic rings. The second-order valence-corrected chi connectivity index (χ2v) is 8.70. The first kappa shape index (κ1) is 21.7. The van der Waals surface area contributed by atoms with Crippen molar-refractivity contribution in [2.45, 2.75) is 38.8 Å². The van der Waals surface area contributed by atoms with Crippen LogP contribution in [-0.2, 0) is 6.54 Å². The molecule has 2 atom stereocenters. The van der Waals surface area contributed by atoms with Gasteiger partial charge in [-0.2, -0.15) is 0 Å². The molecule has 4 rings (SSSR count). The van der Waals surface area contributed by atoms with Crippen LogP contribution in [0.15, 0.2) is 41.2 Å². The molecule has 3 N–H and O–H groups in total. The van der Waals surface area contributed by atoms with Crippen LogP contribution in [0.2, 0.25) is 0 Å². The lowest BCUT2D eigenvalue weighted by molar-refractivity contribution is 0.139. The number of urea groups is 2. The number of methoxy groups -OCH3 is 1. The predicted octanol–water partition coefficient (Wildman–Crippen LogP) is 3.04. The number of aromatic nitrogens is 1. The van der Waals surface area contributed by atoms with Crippen molar-refractivity contribution >= 4 is 23.4 Å². The summed E-state index contributed by atoms with van der Waals surface area (Å²) < 4.78 is 6.90. The lowest BCUT2D eigenvalue weighted by atomic mass is 9.83. The molecule has 9 nitrogen and oxygen atoms in total. The van der Waals surface area contributed by atoms with Crippen LogP contribution in [0.1, 0.15) is 31.9 Å². The van der Waals surface area contributed by atoms with E-state index in [0.29, 0.717) is 25.3 Å². The number of fused-ring (bicyclic) bond motifs is 4. The number of anilines is 2. The van der Waals surface area contributed by atoms with Crippen LogP contribution in [0.5, 0.6) is 5.75 Å². The van der Waals surface area contributed by atoms with Gasteiger partial charge in [0.05, 0.1) is 7.11 Å². The van der Waals surface area contributed by atoms with Crippen molar-refractivity contribution in [3.63, 3.8) is 0 Å². The van der Waals surface area contributed by atoms with Gasteiger partial charge in [0.2, 0.25) is 0 Å². The highest BCUT2D eigenvalue weighted by atomic mass is 16.5. The van der Waals surface area contributed by atoms with Gasteiger partial charge in [-0.1, -0.05) is 0 Å². The van der Waals surface area contributed by atoms with Crippen LogP contribution in [-0.4, -0.2) is 47.8 Å². The summed E-state index contributed by atoms with van der Waals surface area (Å²) in [6, 6.07) is 10.2. The van der Waals surface area contributed by atoms with Crippen molar-refractivity contribution in [2.24, 2.45) is 5.92 Å². The van der Waals surface area contributed by atoms with Crippen LogP contribution in [0.3, 0.4) is 0 Å². The normalized spacial score (nSPS) is 19.2. The fourth-order valence-electron chi connectivity index (χ4n) is 4.50. The molecule has 2 unspecified atom stereocenters. The third-order valence-electron chi connectivity index (χ3n) is 5.90. The number of rotatable bonds is 4. The van der Waals surface area contributed by atoms with Crippen molar-refractivity contribution in [3.8, 4) is 5.75 Å². The zero-order valence-corrected chi connectivity index (χ0v) is 18.6. The number of nitrogens with zero attached hydrogens (tertiary/aromatic N) is 2. The third-order valence-corrected chi connectivity index (χ3v) is 5.90. The highest BCUT2D eigenvalue weighted by Crippen LogP contribution is 2.35. The minimum Gasteiger partial charge on any atom is -0.497 e. The second-order valence-electron chi connectivity index (χ2n) is 8.70. The zero-order chi connectivity index (χ0) is 22.8. The van der Waals surface area contributed by atoms with Crippen LogP contribution in [0.4, 0.5) is 21.0 Å². The van der Waals surface area contributed by atoms with E-state index in [9.17, 15) is 14.4 Å². The van der Waals surface area contributed by atoms with E-state index in [1.807, 2.05) is 24.8 Å². The summed E-state index contributed by atoms with van der Waals surface area (Å²) in [7, 11) is 1.60. The Labute approximate surface area is 186 Å². The molecule has 170 valence electrons. The molecule has 2 aliphatic rings. The van der Waals surface area contributed by atoms with Crippen molar-refractivity contribution in [1.82, 2.24) is 14.8 Å². The van der Waals surface area contributed by atoms with E-state index >= 15 is 0 Å². The fraction of sp³-hybridized carbons (Fsp3) is 0.435. The van der Waals surface area contributed by atoms with E-state index in [1.165, 1.54) is 0 Å². The molecule has 0 aliphatic carbocycles. The van der Waals surface area contributed by atoms with Gasteiger partial charge in [-0.05, 0) is 62.6 Å². The Morgan fingerprint density at radius 1 is 1.03 bits per heavy atom. The quantitative estimate of drug-likeness (QED) is 0.681. The molecule has 1 aromatic heterocycles. The Bertz CT molecular complexity index is 1060. The van der Waals surface area contributed by atoms with E-state index in [0.717, 1.165) is 17.9 Å². The van der Waals surface area contributed by atoms with Gasteiger partial charge in [-0.15, -0.1) is 0 Å². The topological polar surface area (TPSA) is 105 Å². The standard InChI is InChI=1S/C23H29N5O4/c1-14(2)24-22(30)26-19-8-9-20-16-10-15(12-28(20)21(19)29)11-27(13-16)23(31)25-17-4-6-18(32-3)7-5-17/h4-9,14-16H,10-13H2,1-3H3,(H,25,31)(H2,24,26,30). The Hall–Kier alpha value is -3.49. The fourth-order valence-corrected chi connectivity index (χ4v) is 4.50. The molecule has 1 fully saturated rings. The molecule has 0 radical (unpaired) electrons. The number of benzene rings is 1. The summed E-state index contributed by atoms with van der Waals surface area (Å²) in [5.41, 5.74) is 1.68. The molecule has 4 amide bonds. The molecule has 3 heterocycles. The van der Waals surface area contributed by atoms with Gasteiger partial charge in [-0.3, -0.25) is 4.79 Å². The summed E-state index contributed by atoms with van der Waals surface area (Å²) >= 11 is 0. The molecule has 0 saturated carbocycles. The van der Waals surface area contributed by atoms with Crippen LogP contribution < -0.4 is 26.2 Å². The Morgan fingerprint density at radius 3 is 2.47 bits per heavy atom. The molecule has 2 aliphatic heterocycles. The smallest absolute Gasteiger partial charge is 0.321 e. The number of carbonyl (C=O) groups is 2. The van der Waals surface area contributed by atoms with Crippen molar-refractivity contribution in [2.75, 3.05) is 30.8 Å². The monoisotopic (exact) mass is 439 g/mol. The minimum atomic E-state index is -0.393. The molecular formula is C23H29N5O4. The SMILES string of the molecule is COc1ccc(NC(=O)N2CC3CC(C2)c2ccc(NC(=O)NC(C)C)c(=O)n2C3)cc1. The number of carbonyl (C=O) groups excluding carboxylic acids is 2. The maximum Gasteiger partial charge on any atom is 0.321 e. The highest BCUT2D eigenvalue weighted by Gasteiger charge is 2.36. The molecule has 0 spiro atoms. The first-order valence-electron chi connectivity index (χ1n) is 10.8. The first-order valence-corrected chi connectivity index (χ1v) is 10.8. The summed E-state index contributed by atoms with van der Waals surface area (Å²) in [6.07, 6.45) is 0.937. The van der Waals surface area contributed by atoms with E-state index in [1.54, 1.807) is 42.0 Å². The number of nitrogens with one attached hydrogen (secondary N) is 3. The van der Waals surface area contributed by atoms with Crippen molar-refractivity contribution in [3.05, 3.63) is 52.4 Å². The molecule has 2 bridgehead atoms. The number of likely N-dealkylation sites (tertiary alicyclic amines) is 1. The average Bonchev–Trinajstić information content (AvgIpc) is 2.76. The predicted molar refractivity (Wildman–Crippen MR) is 122 cm³/mol. The number of hydrogen-bond acceptors (Lipinski definition) is 4. The van der Waals surface area contributed by atoms with Crippen LogP contribution >= 0.6 is 0 Å². The van der Waals surface area contributed by atoms with Gasteiger partial charge in [0.1, 0.15) is 11.4 Å². The van der Waals surface area contributed by atoms with Gasteiger partial charge in [-0.25, -0.2) is 9.59 Å². The van der Waals surface area contributed by atoms with Gasteiger partial charge >= 0.3 is 12.1 Å². The maximum absolute atomic E-state index is 13.0. The number of piperidine rings is 1. The number of amides is 4. The highest BCUT2D eigenvalue weighted by molar-refractivity contribution is 5.90.